The van der Waals surface area contributed by atoms with Gasteiger partial charge >= 0.3 is 0 Å². The average molecular weight is 939 g/mol. The third kappa shape index (κ3) is 8.51. The van der Waals surface area contributed by atoms with E-state index in [1.165, 1.54) is 174 Å². The van der Waals surface area contributed by atoms with Gasteiger partial charge in [0.05, 0.1) is 0 Å². The van der Waals surface area contributed by atoms with Crippen LogP contribution in [0.4, 0.5) is 34.1 Å². The summed E-state index contributed by atoms with van der Waals surface area (Å²) in [6.07, 6.45) is 13.3. The second-order valence-electron chi connectivity index (χ2n) is 23.4. The third-order valence-corrected chi connectivity index (χ3v) is 16.7. The van der Waals surface area contributed by atoms with E-state index in [1.807, 2.05) is 0 Å². The first-order chi connectivity index (χ1) is 35.0. The van der Waals surface area contributed by atoms with Crippen LogP contribution in [0.5, 0.6) is 0 Å². The Bertz CT molecular complexity index is 3370. The summed E-state index contributed by atoms with van der Waals surface area (Å²) in [5.41, 5.74) is 12.7. The highest BCUT2D eigenvalue weighted by Gasteiger charge is 2.25. The lowest BCUT2D eigenvalue weighted by molar-refractivity contribution is 0.443. The molecule has 0 aromatic heterocycles. The molecule has 10 aromatic rings. The smallest absolute Gasteiger partial charge is 0.0468 e. The summed E-state index contributed by atoms with van der Waals surface area (Å²) in [7, 11) is 0. The summed E-state index contributed by atoms with van der Waals surface area (Å²) >= 11 is 0. The zero-order valence-electron chi connectivity index (χ0n) is 43.4. The first kappa shape index (κ1) is 46.2. The summed E-state index contributed by atoms with van der Waals surface area (Å²) in [6.45, 7) is 13.9. The summed E-state index contributed by atoms with van der Waals surface area (Å²) in [5, 5.41) is 12.9. The van der Waals surface area contributed by atoms with E-state index >= 15 is 0 Å². The van der Waals surface area contributed by atoms with E-state index < -0.39 is 0 Å². The monoisotopic (exact) mass is 939 g/mol. The van der Waals surface area contributed by atoms with Crippen LogP contribution in [-0.4, -0.2) is 0 Å². The third-order valence-electron chi connectivity index (χ3n) is 16.7. The molecule has 0 saturated heterocycles. The SMILES string of the molecule is CC(C)(C)c1cccc(N(c2ccc(C3CCCCC3)cc2)c2ccc3c(c2)c2ccccc2c2c4ccc(N(c5ccc(C6CCCCC6)cc5)c5cccc(C(C)(C)C)c5)cc4c4ccccc4c32)c1. The van der Waals surface area contributed by atoms with Gasteiger partial charge in [0, 0.05) is 34.1 Å². The second-order valence-corrected chi connectivity index (χ2v) is 23.4. The van der Waals surface area contributed by atoms with Gasteiger partial charge in [-0.25, -0.2) is 0 Å². The number of benzene rings is 10. The molecule has 0 unspecified atom stereocenters. The van der Waals surface area contributed by atoms with Gasteiger partial charge in [-0.1, -0.05) is 189 Å². The van der Waals surface area contributed by atoms with E-state index in [0.717, 1.165) is 0 Å². The zero-order valence-corrected chi connectivity index (χ0v) is 43.4. The molecule has 10 aromatic carbocycles. The molecule has 0 amide bonds. The molecule has 2 fully saturated rings. The maximum atomic E-state index is 2.49. The van der Waals surface area contributed by atoms with Crippen LogP contribution in [0.3, 0.4) is 0 Å². The molecule has 2 aliphatic rings. The van der Waals surface area contributed by atoms with Gasteiger partial charge in [0.2, 0.25) is 0 Å². The van der Waals surface area contributed by atoms with E-state index in [2.05, 4.69) is 233 Å². The molecule has 360 valence electrons. The van der Waals surface area contributed by atoms with Gasteiger partial charge in [0.15, 0.2) is 0 Å². The van der Waals surface area contributed by atoms with Crippen LogP contribution in [0.1, 0.15) is 140 Å². The Balaban J connectivity index is 1.05. The van der Waals surface area contributed by atoms with Gasteiger partial charge < -0.3 is 9.80 Å². The summed E-state index contributed by atoms with van der Waals surface area (Å²) < 4.78 is 0. The Morgan fingerprint density at radius 1 is 0.292 bits per heavy atom. The van der Waals surface area contributed by atoms with Crippen molar-refractivity contribution in [3.8, 4) is 0 Å². The summed E-state index contributed by atoms with van der Waals surface area (Å²) in [5.74, 6) is 1.33. The molecule has 0 N–H and O–H groups in total. The predicted octanol–water partition coefficient (Wildman–Crippen LogP) is 21.1. The molecule has 0 heterocycles. The van der Waals surface area contributed by atoms with Crippen molar-refractivity contribution in [1.29, 1.82) is 0 Å². The molecular formula is C70H70N2. The molecule has 0 atom stereocenters. The molecule has 0 bridgehead atoms. The maximum Gasteiger partial charge on any atom is 0.0468 e. The van der Waals surface area contributed by atoms with Gasteiger partial charge in [-0.2, -0.15) is 0 Å². The molecular weight excluding hydrogens is 869 g/mol. The van der Waals surface area contributed by atoms with E-state index in [0.29, 0.717) is 11.8 Å². The van der Waals surface area contributed by atoms with Crippen molar-refractivity contribution >= 4 is 88.0 Å². The van der Waals surface area contributed by atoms with Gasteiger partial charge in [0.1, 0.15) is 0 Å². The van der Waals surface area contributed by atoms with Crippen LogP contribution in [0.25, 0.3) is 53.9 Å². The standard InChI is InChI=1S/C70H70N2/c1-69(2,3)51-23-17-25-55(43-51)71(53-35-31-49(32-36-53)47-19-9-7-10-20-47)57-39-41-63-65(45-57)59-27-13-15-29-61(59)68-64-42-40-58(46-66(64)60-28-14-16-30-62(60)67(63)68)72(56-26-18-24-52(44-56)70(4,5)6)54-37-33-50(34-38-54)48-21-11-8-12-22-48/h13-18,23-48H,7-12,19-22H2,1-6H3. The Labute approximate surface area is 428 Å². The van der Waals surface area contributed by atoms with Crippen LogP contribution in [0.2, 0.25) is 0 Å². The minimum Gasteiger partial charge on any atom is -0.310 e. The lowest BCUT2D eigenvalue weighted by Crippen LogP contribution is -2.14. The Morgan fingerprint density at radius 2 is 0.625 bits per heavy atom. The second kappa shape index (κ2) is 18.6. The number of nitrogens with zero attached hydrogens (tertiary/aromatic N) is 2. The number of hydrogen-bond donors (Lipinski definition) is 0. The highest BCUT2D eigenvalue weighted by Crippen LogP contribution is 2.49. The van der Waals surface area contributed by atoms with Gasteiger partial charge in [0.25, 0.3) is 0 Å². The quantitative estimate of drug-likeness (QED) is 0.140. The van der Waals surface area contributed by atoms with E-state index in [9.17, 15) is 0 Å². The molecule has 0 aliphatic heterocycles. The molecule has 12 rings (SSSR count). The summed E-state index contributed by atoms with van der Waals surface area (Å²) in [6, 6.07) is 70.4. The fourth-order valence-electron chi connectivity index (χ4n) is 12.7. The van der Waals surface area contributed by atoms with Gasteiger partial charge in [-0.05, 0) is 197 Å². The van der Waals surface area contributed by atoms with Crippen LogP contribution < -0.4 is 9.80 Å². The van der Waals surface area contributed by atoms with Crippen molar-refractivity contribution in [2.45, 2.75) is 128 Å². The first-order valence-corrected chi connectivity index (χ1v) is 27.2. The Kier molecular flexibility index (Phi) is 11.9. The average Bonchev–Trinajstić information content (AvgIpc) is 3.41. The molecule has 0 radical (unpaired) electrons. The number of hydrogen-bond acceptors (Lipinski definition) is 2. The molecule has 72 heavy (non-hydrogen) atoms. The van der Waals surface area contributed by atoms with Crippen molar-refractivity contribution < 1.29 is 0 Å². The first-order valence-electron chi connectivity index (χ1n) is 27.2. The molecule has 2 heteroatoms. The van der Waals surface area contributed by atoms with E-state index in [1.54, 1.807) is 0 Å². The lowest BCUT2D eigenvalue weighted by atomic mass is 9.84. The van der Waals surface area contributed by atoms with Crippen molar-refractivity contribution in [2.24, 2.45) is 0 Å². The number of rotatable bonds is 8. The van der Waals surface area contributed by atoms with Gasteiger partial charge in [-0.15, -0.1) is 0 Å². The van der Waals surface area contributed by atoms with Crippen molar-refractivity contribution in [3.05, 3.63) is 204 Å². The van der Waals surface area contributed by atoms with Crippen LogP contribution in [0.15, 0.2) is 182 Å². The van der Waals surface area contributed by atoms with Crippen molar-refractivity contribution in [3.63, 3.8) is 0 Å². The fraction of sp³-hybridized carbons (Fsp3) is 0.286. The molecule has 2 nitrogen and oxygen atoms in total. The largest absolute Gasteiger partial charge is 0.310 e. The van der Waals surface area contributed by atoms with Crippen molar-refractivity contribution in [2.75, 3.05) is 9.80 Å². The maximum absolute atomic E-state index is 2.49. The fourth-order valence-corrected chi connectivity index (χ4v) is 12.7. The molecule has 2 saturated carbocycles. The van der Waals surface area contributed by atoms with Crippen LogP contribution in [-0.2, 0) is 10.8 Å². The minimum absolute atomic E-state index is 0.0189. The van der Waals surface area contributed by atoms with E-state index in [4.69, 9.17) is 0 Å². The van der Waals surface area contributed by atoms with Crippen molar-refractivity contribution in [1.82, 2.24) is 0 Å². The number of fused-ring (bicyclic) bond motifs is 11. The lowest BCUT2D eigenvalue weighted by Gasteiger charge is -2.29. The minimum atomic E-state index is 0.0189. The topological polar surface area (TPSA) is 6.48 Å². The zero-order chi connectivity index (χ0) is 49.1. The number of anilines is 6. The Hall–Kier alpha value is -6.90. The highest BCUT2D eigenvalue weighted by atomic mass is 15.1. The van der Waals surface area contributed by atoms with Crippen LogP contribution in [0, 0.1) is 0 Å². The molecule has 2 aliphatic carbocycles. The van der Waals surface area contributed by atoms with Crippen LogP contribution >= 0.6 is 0 Å². The van der Waals surface area contributed by atoms with E-state index in [-0.39, 0.29) is 10.8 Å². The predicted molar refractivity (Wildman–Crippen MR) is 312 cm³/mol. The summed E-state index contributed by atoms with van der Waals surface area (Å²) in [4.78, 5) is 4.98. The molecule has 0 spiro atoms. The Morgan fingerprint density at radius 3 is 1.00 bits per heavy atom. The van der Waals surface area contributed by atoms with Gasteiger partial charge in [-0.3, -0.25) is 0 Å². The highest BCUT2D eigenvalue weighted by molar-refractivity contribution is 6.39. The normalized spacial score (nSPS) is 15.2.